The highest BCUT2D eigenvalue weighted by Gasteiger charge is 2.13. The van der Waals surface area contributed by atoms with E-state index in [0.29, 0.717) is 5.71 Å². The second kappa shape index (κ2) is 8.25. The minimum Gasteiger partial charge on any atom is -0.199 e. The van der Waals surface area contributed by atoms with E-state index in [1.54, 1.807) is 31.2 Å². The normalized spacial score (nSPS) is 12.4. The average molecular weight is 343 g/mol. The van der Waals surface area contributed by atoms with E-state index in [1.165, 1.54) is 24.8 Å². The first-order valence-corrected chi connectivity index (χ1v) is 9.84. The molecule has 0 spiro atoms. The van der Waals surface area contributed by atoms with Crippen molar-refractivity contribution < 1.29 is 8.42 Å². The van der Waals surface area contributed by atoms with Gasteiger partial charge in [-0.3, -0.25) is 0 Å². The van der Waals surface area contributed by atoms with Gasteiger partial charge in [0.25, 0.3) is 10.0 Å². The molecule has 24 heavy (non-hydrogen) atoms. The molecule has 0 radical (unpaired) electrons. The Morgan fingerprint density at radius 1 is 0.958 bits per heavy atom. The molecule has 0 atom stereocenters. The van der Waals surface area contributed by atoms with Crippen LogP contribution in [0.2, 0.25) is 0 Å². The Balaban J connectivity index is 2.16. The summed E-state index contributed by atoms with van der Waals surface area (Å²) >= 11 is 0. The lowest BCUT2D eigenvalue weighted by Gasteiger charge is -2.05. The highest BCUT2D eigenvalue weighted by Crippen LogP contribution is 2.16. The Morgan fingerprint density at radius 3 is 2.17 bits per heavy atom. The summed E-state index contributed by atoms with van der Waals surface area (Å²) in [5.74, 6) is 0. The van der Waals surface area contributed by atoms with Crippen molar-refractivity contribution in [2.24, 2.45) is 4.40 Å². The summed E-state index contributed by atoms with van der Waals surface area (Å²) in [4.78, 5) is 0.226. The number of benzene rings is 2. The van der Waals surface area contributed by atoms with E-state index in [-0.39, 0.29) is 4.90 Å². The predicted molar refractivity (Wildman–Crippen MR) is 100 cm³/mol. The summed E-state index contributed by atoms with van der Waals surface area (Å²) < 4.78 is 28.7. The molecule has 2 aromatic carbocycles. The summed E-state index contributed by atoms with van der Waals surface area (Å²) in [6.07, 6.45) is 4.69. The number of aryl methyl sites for hydroxylation is 2. The fourth-order valence-electron chi connectivity index (χ4n) is 2.49. The Labute approximate surface area is 145 Å². The largest absolute Gasteiger partial charge is 0.282 e. The van der Waals surface area contributed by atoms with Gasteiger partial charge in [0.15, 0.2) is 0 Å². The molecule has 3 nitrogen and oxygen atoms in total. The molecule has 0 aliphatic carbocycles. The van der Waals surface area contributed by atoms with Gasteiger partial charge in [-0.05, 0) is 49.9 Å². The van der Waals surface area contributed by atoms with Crippen molar-refractivity contribution in [2.45, 2.75) is 51.3 Å². The molecule has 128 valence electrons. The maximum atomic E-state index is 12.4. The molecule has 0 aliphatic heterocycles. The molecule has 0 unspecified atom stereocenters. The van der Waals surface area contributed by atoms with Crippen molar-refractivity contribution in [3.05, 3.63) is 65.2 Å². The fraction of sp³-hybridized carbons (Fsp3) is 0.350. The molecule has 0 aromatic heterocycles. The topological polar surface area (TPSA) is 46.5 Å². The molecule has 0 saturated carbocycles. The van der Waals surface area contributed by atoms with Crippen molar-refractivity contribution in [3.63, 3.8) is 0 Å². The van der Waals surface area contributed by atoms with E-state index in [0.717, 1.165) is 17.5 Å². The summed E-state index contributed by atoms with van der Waals surface area (Å²) in [7, 11) is -3.66. The van der Waals surface area contributed by atoms with Gasteiger partial charge in [-0.2, -0.15) is 12.8 Å². The van der Waals surface area contributed by atoms with Gasteiger partial charge >= 0.3 is 0 Å². The lowest BCUT2D eigenvalue weighted by Crippen LogP contribution is -2.03. The Kier molecular flexibility index (Phi) is 6.32. The van der Waals surface area contributed by atoms with Crippen molar-refractivity contribution in [1.82, 2.24) is 0 Å². The summed E-state index contributed by atoms with van der Waals surface area (Å²) in [5, 5.41) is 0. The summed E-state index contributed by atoms with van der Waals surface area (Å²) in [6.45, 7) is 5.85. The van der Waals surface area contributed by atoms with E-state index in [2.05, 4.69) is 23.5 Å². The monoisotopic (exact) mass is 343 g/mol. The van der Waals surface area contributed by atoms with Crippen LogP contribution < -0.4 is 0 Å². The minimum absolute atomic E-state index is 0.226. The van der Waals surface area contributed by atoms with E-state index >= 15 is 0 Å². The molecule has 4 heteroatoms. The molecule has 0 amide bonds. The molecular weight excluding hydrogens is 318 g/mol. The average Bonchev–Trinajstić information content (AvgIpc) is 2.55. The number of rotatable bonds is 7. The van der Waals surface area contributed by atoms with Gasteiger partial charge in [0, 0.05) is 0 Å². The molecule has 0 N–H and O–H groups in total. The molecule has 0 saturated heterocycles. The summed E-state index contributed by atoms with van der Waals surface area (Å²) in [6, 6.07) is 14.8. The van der Waals surface area contributed by atoms with Crippen LogP contribution in [0.3, 0.4) is 0 Å². The van der Waals surface area contributed by atoms with E-state index in [9.17, 15) is 8.42 Å². The third-order valence-corrected chi connectivity index (χ3v) is 5.40. The van der Waals surface area contributed by atoms with E-state index in [1.807, 2.05) is 19.1 Å². The highest BCUT2D eigenvalue weighted by atomic mass is 32.2. The van der Waals surface area contributed by atoms with Gasteiger partial charge in [0.1, 0.15) is 0 Å². The van der Waals surface area contributed by atoms with Crippen LogP contribution in [0.1, 0.15) is 49.8 Å². The molecule has 0 aliphatic rings. The maximum Gasteiger partial charge on any atom is 0.282 e. The first-order chi connectivity index (χ1) is 11.4. The zero-order valence-corrected chi connectivity index (χ0v) is 15.4. The lowest BCUT2D eigenvalue weighted by atomic mass is 10.0. The van der Waals surface area contributed by atoms with Crippen LogP contribution in [0.4, 0.5) is 0 Å². The van der Waals surface area contributed by atoms with Crippen LogP contribution in [0.5, 0.6) is 0 Å². The predicted octanol–water partition coefficient (Wildman–Crippen LogP) is 4.93. The smallest absolute Gasteiger partial charge is 0.199 e. The molecular formula is C20H25NO2S. The second-order valence-electron chi connectivity index (χ2n) is 6.12. The summed E-state index contributed by atoms with van der Waals surface area (Å²) in [5.41, 5.74) is 3.65. The van der Waals surface area contributed by atoms with Crippen LogP contribution in [-0.2, 0) is 16.4 Å². The minimum atomic E-state index is -3.66. The fourth-order valence-corrected chi connectivity index (χ4v) is 3.54. The second-order valence-corrected chi connectivity index (χ2v) is 7.72. The highest BCUT2D eigenvalue weighted by molar-refractivity contribution is 7.90. The first-order valence-electron chi connectivity index (χ1n) is 8.40. The number of sulfonamides is 1. The Morgan fingerprint density at radius 2 is 1.58 bits per heavy atom. The van der Waals surface area contributed by atoms with Gasteiger partial charge in [0.2, 0.25) is 0 Å². The van der Waals surface area contributed by atoms with Crippen LogP contribution >= 0.6 is 0 Å². The maximum absolute atomic E-state index is 12.4. The molecule has 2 rings (SSSR count). The van der Waals surface area contributed by atoms with Gasteiger partial charge < -0.3 is 0 Å². The molecule has 0 bridgehead atoms. The van der Waals surface area contributed by atoms with Gasteiger partial charge in [-0.1, -0.05) is 61.7 Å². The standard InChI is InChI=1S/C20H25NO2S/c1-4-5-6-7-18-10-12-19(13-11-18)17(3)21-24(22,23)20-14-8-16(2)9-15-20/h8-15H,4-7H2,1-3H3. The van der Waals surface area contributed by atoms with E-state index < -0.39 is 10.0 Å². The van der Waals surface area contributed by atoms with Crippen molar-refractivity contribution in [2.75, 3.05) is 0 Å². The third-order valence-electron chi connectivity index (χ3n) is 4.02. The number of unbranched alkanes of at least 4 members (excludes halogenated alkanes) is 2. The number of hydrogen-bond acceptors (Lipinski definition) is 2. The number of nitrogens with zero attached hydrogens (tertiary/aromatic N) is 1. The quantitative estimate of drug-likeness (QED) is 0.529. The number of hydrogen-bond donors (Lipinski definition) is 0. The van der Waals surface area contributed by atoms with Crippen LogP contribution in [-0.4, -0.2) is 14.1 Å². The first kappa shape index (κ1) is 18.4. The lowest BCUT2D eigenvalue weighted by molar-refractivity contribution is 0.598. The zero-order chi connectivity index (χ0) is 17.6. The third kappa shape index (κ3) is 5.03. The van der Waals surface area contributed by atoms with Gasteiger partial charge in [-0.25, -0.2) is 0 Å². The zero-order valence-electron chi connectivity index (χ0n) is 14.6. The Hall–Kier alpha value is -1.94. The van der Waals surface area contributed by atoms with Crippen molar-refractivity contribution >= 4 is 15.7 Å². The van der Waals surface area contributed by atoms with Crippen LogP contribution in [0.15, 0.2) is 57.8 Å². The van der Waals surface area contributed by atoms with Crippen LogP contribution in [0.25, 0.3) is 0 Å². The van der Waals surface area contributed by atoms with E-state index in [4.69, 9.17) is 0 Å². The van der Waals surface area contributed by atoms with Gasteiger partial charge in [0.05, 0.1) is 10.6 Å². The Bertz CT molecular complexity index is 789. The molecule has 2 aromatic rings. The molecule has 0 fully saturated rings. The van der Waals surface area contributed by atoms with Gasteiger partial charge in [-0.15, -0.1) is 0 Å². The van der Waals surface area contributed by atoms with Crippen LogP contribution in [0, 0.1) is 6.92 Å². The van der Waals surface area contributed by atoms with Crippen molar-refractivity contribution in [3.8, 4) is 0 Å². The molecule has 0 heterocycles. The van der Waals surface area contributed by atoms with Crippen molar-refractivity contribution in [1.29, 1.82) is 0 Å². The SMILES string of the molecule is CCCCCc1ccc(C(C)=NS(=O)(=O)c2ccc(C)cc2)cc1.